The zero-order valence-corrected chi connectivity index (χ0v) is 14.3. The number of thioether (sulfide) groups is 1. The molecule has 1 aromatic carbocycles. The van der Waals surface area contributed by atoms with Crippen LogP contribution < -0.4 is 14.8 Å². The molecule has 1 atom stereocenters. The van der Waals surface area contributed by atoms with E-state index in [1.165, 1.54) is 0 Å². The fraction of sp³-hybridized carbons (Fsp3) is 0.375. The summed E-state index contributed by atoms with van der Waals surface area (Å²) in [7, 11) is 0. The third-order valence-electron chi connectivity index (χ3n) is 3.67. The van der Waals surface area contributed by atoms with Crippen molar-refractivity contribution in [2.45, 2.75) is 31.4 Å². The molecule has 25 heavy (non-hydrogen) atoms. The number of hydrogen-bond donors (Lipinski definition) is 2. The summed E-state index contributed by atoms with van der Waals surface area (Å²) in [6.07, 6.45) is 1.37. The second-order valence-electron chi connectivity index (χ2n) is 5.63. The predicted molar refractivity (Wildman–Crippen MR) is 93.2 cm³/mol. The van der Waals surface area contributed by atoms with Gasteiger partial charge in [0.25, 0.3) is 0 Å². The van der Waals surface area contributed by atoms with Gasteiger partial charge in [0.1, 0.15) is 5.25 Å². The number of carbonyl (C=O) groups excluding carboxylic acids is 1. The maximum atomic E-state index is 11.5. The third-order valence-corrected chi connectivity index (χ3v) is 4.73. The van der Waals surface area contributed by atoms with Crippen LogP contribution in [-0.4, -0.2) is 39.9 Å². The smallest absolute Gasteiger partial charge is 0.317 e. The Bertz CT molecular complexity index is 762. The van der Waals surface area contributed by atoms with Crippen LogP contribution in [0.5, 0.6) is 11.5 Å². The van der Waals surface area contributed by atoms with E-state index in [4.69, 9.17) is 14.6 Å². The monoisotopic (exact) mass is 363 g/mol. The molecule has 0 aromatic heterocycles. The molecule has 3 rings (SSSR count). The maximum Gasteiger partial charge on any atom is 0.317 e. The Morgan fingerprint density at radius 1 is 1.40 bits per heavy atom. The van der Waals surface area contributed by atoms with Gasteiger partial charge >= 0.3 is 5.97 Å². The first-order valence-electron chi connectivity index (χ1n) is 7.70. The highest BCUT2D eigenvalue weighted by Gasteiger charge is 2.29. The van der Waals surface area contributed by atoms with Crippen LogP contribution in [0.25, 0.3) is 0 Å². The molecule has 2 N–H and O–H groups in total. The number of benzene rings is 1. The van der Waals surface area contributed by atoms with Gasteiger partial charge in [0.2, 0.25) is 12.7 Å². The van der Waals surface area contributed by atoms with E-state index < -0.39 is 11.2 Å². The van der Waals surface area contributed by atoms with Crippen molar-refractivity contribution < 1.29 is 24.2 Å². The van der Waals surface area contributed by atoms with Gasteiger partial charge < -0.3 is 19.9 Å². The van der Waals surface area contributed by atoms with Crippen molar-refractivity contribution >= 4 is 34.5 Å². The van der Waals surface area contributed by atoms with Gasteiger partial charge in [-0.3, -0.25) is 9.59 Å². The van der Waals surface area contributed by atoms with Gasteiger partial charge in [0.05, 0.1) is 0 Å². The molecule has 0 bridgehead atoms. The van der Waals surface area contributed by atoms with Crippen LogP contribution in [0.1, 0.15) is 25.3 Å². The van der Waals surface area contributed by atoms with Gasteiger partial charge in [-0.1, -0.05) is 17.8 Å². The van der Waals surface area contributed by atoms with E-state index in [9.17, 15) is 9.59 Å². The molecule has 1 amide bonds. The molecular formula is C16H17N3O5S. The van der Waals surface area contributed by atoms with E-state index in [1.54, 1.807) is 0 Å². The van der Waals surface area contributed by atoms with Crippen molar-refractivity contribution in [3.8, 4) is 11.5 Å². The van der Waals surface area contributed by atoms with Gasteiger partial charge in [-0.15, -0.1) is 5.10 Å². The molecule has 8 nitrogen and oxygen atoms in total. The van der Waals surface area contributed by atoms with Crippen LogP contribution in [0.3, 0.4) is 0 Å². The molecule has 9 heteroatoms. The summed E-state index contributed by atoms with van der Waals surface area (Å²) in [5, 5.41) is 19.0. The molecule has 2 aliphatic heterocycles. The van der Waals surface area contributed by atoms with E-state index in [0.717, 1.165) is 41.0 Å². The van der Waals surface area contributed by atoms with Crippen LogP contribution >= 0.6 is 11.8 Å². The highest BCUT2D eigenvalue weighted by Crippen LogP contribution is 2.32. The number of ether oxygens (including phenoxy) is 2. The molecule has 2 heterocycles. The quantitative estimate of drug-likeness (QED) is 0.610. The Morgan fingerprint density at radius 3 is 3.00 bits per heavy atom. The van der Waals surface area contributed by atoms with Crippen molar-refractivity contribution in [3.05, 3.63) is 23.8 Å². The second-order valence-corrected chi connectivity index (χ2v) is 6.82. The molecule has 1 saturated heterocycles. The Labute approximate surface area is 148 Å². The number of fused-ring (bicyclic) bond motifs is 1. The fourth-order valence-electron chi connectivity index (χ4n) is 2.33. The second kappa shape index (κ2) is 7.56. The first-order valence-corrected chi connectivity index (χ1v) is 8.58. The Morgan fingerprint density at radius 2 is 2.20 bits per heavy atom. The number of carboxylic acid groups (broad SMARTS) is 1. The molecule has 2 aliphatic rings. The SMILES string of the molecule is C/C(CCc1ccc2c(c1)OCO2)=N\N=C1\NC(=O)C[C@H](C(=O)O)S1. The topological polar surface area (TPSA) is 110 Å². The Hall–Kier alpha value is -2.55. The molecule has 1 aromatic rings. The average molecular weight is 363 g/mol. The normalized spacial score (nSPS) is 21.3. The lowest BCUT2D eigenvalue weighted by molar-refractivity contribution is -0.138. The molecule has 0 spiro atoms. The van der Waals surface area contributed by atoms with Crippen LogP contribution in [0.4, 0.5) is 0 Å². The van der Waals surface area contributed by atoms with E-state index in [-0.39, 0.29) is 24.3 Å². The number of hydrogen-bond acceptors (Lipinski definition) is 7. The molecule has 0 radical (unpaired) electrons. The lowest BCUT2D eigenvalue weighted by Crippen LogP contribution is -2.40. The molecule has 0 saturated carbocycles. The number of amidine groups is 1. The fourth-order valence-corrected chi connectivity index (χ4v) is 3.20. The van der Waals surface area contributed by atoms with Crippen molar-refractivity contribution in [1.29, 1.82) is 0 Å². The van der Waals surface area contributed by atoms with Gasteiger partial charge in [-0.05, 0) is 37.5 Å². The van der Waals surface area contributed by atoms with Crippen LogP contribution in [0.15, 0.2) is 28.4 Å². The average Bonchev–Trinajstić information content (AvgIpc) is 3.05. The van der Waals surface area contributed by atoms with Crippen LogP contribution in [0, 0.1) is 0 Å². The van der Waals surface area contributed by atoms with E-state index >= 15 is 0 Å². The van der Waals surface area contributed by atoms with E-state index in [0.29, 0.717) is 6.42 Å². The highest BCUT2D eigenvalue weighted by atomic mass is 32.2. The number of carboxylic acids is 1. The minimum Gasteiger partial charge on any atom is -0.480 e. The minimum absolute atomic E-state index is 0.0637. The summed E-state index contributed by atoms with van der Waals surface area (Å²) in [4.78, 5) is 22.5. The molecule has 132 valence electrons. The van der Waals surface area contributed by atoms with Crippen LogP contribution in [0.2, 0.25) is 0 Å². The van der Waals surface area contributed by atoms with Gasteiger partial charge in [-0.2, -0.15) is 5.10 Å². The number of aryl methyl sites for hydroxylation is 1. The summed E-state index contributed by atoms with van der Waals surface area (Å²) < 4.78 is 10.6. The molecular weight excluding hydrogens is 346 g/mol. The minimum atomic E-state index is -1.03. The summed E-state index contributed by atoms with van der Waals surface area (Å²) in [5.41, 5.74) is 1.87. The van der Waals surface area contributed by atoms with Crippen molar-refractivity contribution in [2.24, 2.45) is 10.2 Å². The van der Waals surface area contributed by atoms with Crippen molar-refractivity contribution in [2.75, 3.05) is 6.79 Å². The predicted octanol–water partition coefficient (Wildman–Crippen LogP) is 1.79. The Balaban J connectivity index is 1.58. The van der Waals surface area contributed by atoms with Crippen molar-refractivity contribution in [1.82, 2.24) is 5.32 Å². The number of aliphatic carboxylic acids is 1. The number of carbonyl (C=O) groups is 2. The summed E-state index contributed by atoms with van der Waals surface area (Å²) in [6, 6.07) is 5.79. The zero-order chi connectivity index (χ0) is 17.8. The number of amides is 1. The first kappa shape index (κ1) is 17.3. The Kier molecular flexibility index (Phi) is 5.22. The van der Waals surface area contributed by atoms with E-state index in [1.807, 2.05) is 25.1 Å². The maximum absolute atomic E-state index is 11.5. The summed E-state index contributed by atoms with van der Waals surface area (Å²) in [6.45, 7) is 2.08. The molecule has 0 unspecified atom stereocenters. The standard InChI is InChI=1S/C16H17N3O5S/c1-9(2-3-10-4-5-11-12(6-10)24-8-23-11)18-19-16-17-14(20)7-13(25-16)15(21)22/h4-6,13H,2-3,7-8H2,1H3,(H,21,22)(H,17,19,20)/b18-9+/t13-/m1/s1. The van der Waals surface area contributed by atoms with Gasteiger partial charge in [-0.25, -0.2) is 0 Å². The highest BCUT2D eigenvalue weighted by molar-refractivity contribution is 8.15. The lowest BCUT2D eigenvalue weighted by Gasteiger charge is -2.18. The van der Waals surface area contributed by atoms with Crippen molar-refractivity contribution in [3.63, 3.8) is 0 Å². The number of rotatable bonds is 5. The molecule has 0 aliphatic carbocycles. The van der Waals surface area contributed by atoms with E-state index in [2.05, 4.69) is 15.5 Å². The number of nitrogens with zero attached hydrogens (tertiary/aromatic N) is 2. The van der Waals surface area contributed by atoms with Crippen LogP contribution in [-0.2, 0) is 16.0 Å². The zero-order valence-electron chi connectivity index (χ0n) is 13.5. The van der Waals surface area contributed by atoms with Gasteiger partial charge in [0, 0.05) is 12.1 Å². The third kappa shape index (κ3) is 4.50. The first-order chi connectivity index (χ1) is 12.0. The number of nitrogens with one attached hydrogen (secondary N) is 1. The summed E-state index contributed by atoms with van der Waals surface area (Å²) in [5.74, 6) is 0.0983. The summed E-state index contributed by atoms with van der Waals surface area (Å²) >= 11 is 0.994. The largest absolute Gasteiger partial charge is 0.480 e. The lowest BCUT2D eigenvalue weighted by atomic mass is 10.1. The van der Waals surface area contributed by atoms with Gasteiger partial charge in [0.15, 0.2) is 16.7 Å². The molecule has 1 fully saturated rings.